The zero-order chi connectivity index (χ0) is 43.0. The van der Waals surface area contributed by atoms with E-state index in [2.05, 4.69) is 31.9 Å². The molecule has 17 heteroatoms. The third-order valence-corrected chi connectivity index (χ3v) is 11.1. The molecule has 0 bridgehead atoms. The van der Waals surface area contributed by atoms with Crippen LogP contribution in [0.2, 0.25) is 0 Å². The first-order valence-electron chi connectivity index (χ1n) is 20.2. The predicted octanol–water partition coefficient (Wildman–Crippen LogP) is 0.330. The van der Waals surface area contributed by atoms with Crippen molar-refractivity contribution in [2.24, 2.45) is 11.8 Å². The Labute approximate surface area is 344 Å². The van der Waals surface area contributed by atoms with E-state index in [9.17, 15) is 38.7 Å². The van der Waals surface area contributed by atoms with Crippen molar-refractivity contribution in [2.45, 2.75) is 115 Å². The van der Waals surface area contributed by atoms with Gasteiger partial charge in [-0.05, 0) is 63.1 Å². The Kier molecular flexibility index (Phi) is 14.9. The Balaban J connectivity index is 1.52. The first kappa shape index (κ1) is 44.4. The monoisotopic (exact) mass is 819 g/mol. The van der Waals surface area contributed by atoms with Gasteiger partial charge in [-0.3, -0.25) is 33.6 Å². The van der Waals surface area contributed by atoms with Gasteiger partial charge in [-0.1, -0.05) is 50.6 Å². The maximum absolute atomic E-state index is 14.8. The van der Waals surface area contributed by atoms with E-state index in [4.69, 9.17) is 9.47 Å². The highest BCUT2D eigenvalue weighted by atomic mass is 16.5. The SMILES string of the molecule is COc1cc(OC)cc(C(=O)N[C@@H]2CC3C(=O)N[C@@H](C)C(=O)N[C@@H]4CCC[C@H]4C(=O)N[C@@H](CC(C)C)C(=O)N[C@@H]([C@@H](C)O)C(=O)N[C@@H](Cc4ccccc4)C(=O)N3C2)c1. The van der Waals surface area contributed by atoms with E-state index in [1.54, 1.807) is 36.4 Å². The molecule has 2 aromatic carbocycles. The topological polar surface area (TPSA) is 234 Å². The zero-order valence-electron chi connectivity index (χ0n) is 34.4. The van der Waals surface area contributed by atoms with E-state index < -0.39 is 95.7 Å². The Morgan fingerprint density at radius 3 is 2.10 bits per heavy atom. The van der Waals surface area contributed by atoms with Gasteiger partial charge in [0.15, 0.2) is 0 Å². The van der Waals surface area contributed by atoms with Crippen LogP contribution in [0.4, 0.5) is 0 Å². The number of aliphatic hydroxyl groups excluding tert-OH is 1. The second-order valence-electron chi connectivity index (χ2n) is 16.1. The molecule has 2 aromatic rings. The van der Waals surface area contributed by atoms with Gasteiger partial charge in [0.05, 0.1) is 26.2 Å². The molecule has 1 aliphatic carbocycles. The van der Waals surface area contributed by atoms with Crippen molar-refractivity contribution < 1.29 is 48.1 Å². The summed E-state index contributed by atoms with van der Waals surface area (Å²) in [5, 5.41) is 27.5. The van der Waals surface area contributed by atoms with E-state index in [0.29, 0.717) is 36.3 Å². The van der Waals surface area contributed by atoms with Crippen LogP contribution in [0.25, 0.3) is 0 Å². The van der Waals surface area contributed by atoms with E-state index in [-0.39, 0.29) is 37.3 Å². The van der Waals surface area contributed by atoms with Crippen LogP contribution < -0.4 is 41.4 Å². The van der Waals surface area contributed by atoms with Crippen LogP contribution in [-0.4, -0.2) is 121 Å². The number of amides is 7. The molecular weight excluding hydrogens is 763 g/mol. The number of carbonyl (C=O) groups excluding carboxylic acids is 7. The summed E-state index contributed by atoms with van der Waals surface area (Å²) in [7, 11) is 2.90. The van der Waals surface area contributed by atoms with Crippen molar-refractivity contribution in [2.75, 3.05) is 20.8 Å². The minimum Gasteiger partial charge on any atom is -0.497 e. The summed E-state index contributed by atoms with van der Waals surface area (Å²) in [4.78, 5) is 99.0. The number of ether oxygens (including phenoxy) is 2. The predicted molar refractivity (Wildman–Crippen MR) is 215 cm³/mol. The van der Waals surface area contributed by atoms with Gasteiger partial charge in [-0.15, -0.1) is 0 Å². The average molecular weight is 820 g/mol. The Bertz CT molecular complexity index is 1850. The highest BCUT2D eigenvalue weighted by Crippen LogP contribution is 2.28. The Hall–Kier alpha value is -5.71. The van der Waals surface area contributed by atoms with Gasteiger partial charge in [0, 0.05) is 36.7 Å². The average Bonchev–Trinajstić information content (AvgIpc) is 3.85. The lowest BCUT2D eigenvalue weighted by atomic mass is 9.98. The third kappa shape index (κ3) is 11.3. The maximum Gasteiger partial charge on any atom is 0.251 e. The van der Waals surface area contributed by atoms with Crippen LogP contribution >= 0.6 is 0 Å². The molecule has 59 heavy (non-hydrogen) atoms. The van der Waals surface area contributed by atoms with E-state index in [1.165, 1.54) is 45.1 Å². The molecule has 7 amide bonds. The molecular formula is C42H57N7O10. The van der Waals surface area contributed by atoms with Crippen molar-refractivity contribution in [1.82, 2.24) is 36.8 Å². The molecule has 5 rings (SSSR count). The summed E-state index contributed by atoms with van der Waals surface area (Å²) in [6.45, 7) is 6.42. The van der Waals surface area contributed by atoms with Crippen molar-refractivity contribution in [3.05, 3.63) is 59.7 Å². The normalized spacial score (nSPS) is 27.7. The minimum absolute atomic E-state index is 0.0367. The largest absolute Gasteiger partial charge is 0.497 e. The number of aliphatic hydroxyl groups is 1. The number of hydrogen-bond acceptors (Lipinski definition) is 10. The summed E-state index contributed by atoms with van der Waals surface area (Å²) >= 11 is 0. The van der Waals surface area contributed by atoms with Crippen molar-refractivity contribution in [3.63, 3.8) is 0 Å². The van der Waals surface area contributed by atoms with Crippen LogP contribution in [0.3, 0.4) is 0 Å². The lowest BCUT2D eigenvalue weighted by Crippen LogP contribution is -2.61. The molecule has 320 valence electrons. The van der Waals surface area contributed by atoms with Crippen LogP contribution in [-0.2, 0) is 35.2 Å². The standard InChI is InChI=1S/C42H57N7O10/c1-22(2)15-32-39(54)48-35(24(4)50)41(56)47-33(16-25-11-8-7-9-12-25)42(57)49-21-27(44-37(52)26-17-28(58-5)20-29(18-26)59-6)19-34(49)40(55)43-23(3)36(51)45-31-14-10-13-30(31)38(53)46-32/h7-9,11-12,17-18,20,22-24,27,30-35,50H,10,13-16,19,21H2,1-6H3,(H,43,55)(H,44,52)(H,45,51)(H,46,53)(H,47,56)(H,48,54)/t23-,24+,27+,30+,31+,32-,33-,34?,35-/m0/s1. The highest BCUT2D eigenvalue weighted by molar-refractivity contribution is 5.98. The van der Waals surface area contributed by atoms with Gasteiger partial charge in [0.25, 0.3) is 5.91 Å². The van der Waals surface area contributed by atoms with Crippen molar-refractivity contribution in [1.29, 1.82) is 0 Å². The van der Waals surface area contributed by atoms with Crippen LogP contribution in [0, 0.1) is 11.8 Å². The van der Waals surface area contributed by atoms with Crippen molar-refractivity contribution >= 4 is 41.4 Å². The molecule has 0 radical (unpaired) electrons. The van der Waals surface area contributed by atoms with Crippen LogP contribution in [0.15, 0.2) is 48.5 Å². The molecule has 0 spiro atoms. The number of rotatable bonds is 9. The summed E-state index contributed by atoms with van der Waals surface area (Å²) in [6, 6.07) is 5.93. The lowest BCUT2D eigenvalue weighted by molar-refractivity contribution is -0.143. The van der Waals surface area contributed by atoms with Gasteiger partial charge in [-0.2, -0.15) is 0 Å². The molecule has 3 fully saturated rings. The maximum atomic E-state index is 14.8. The van der Waals surface area contributed by atoms with Gasteiger partial charge in [-0.25, -0.2) is 0 Å². The number of carbonyl (C=O) groups is 7. The summed E-state index contributed by atoms with van der Waals surface area (Å²) in [6.07, 6.45) is 0.283. The molecule has 17 nitrogen and oxygen atoms in total. The number of nitrogens with zero attached hydrogens (tertiary/aromatic N) is 1. The molecule has 3 aliphatic rings. The molecule has 2 aliphatic heterocycles. The van der Waals surface area contributed by atoms with Gasteiger partial charge >= 0.3 is 0 Å². The fourth-order valence-corrected chi connectivity index (χ4v) is 7.92. The highest BCUT2D eigenvalue weighted by Gasteiger charge is 2.45. The fraction of sp³-hybridized carbons (Fsp3) is 0.548. The first-order valence-corrected chi connectivity index (χ1v) is 20.2. The number of methoxy groups -OCH3 is 2. The molecule has 7 N–H and O–H groups in total. The summed E-state index contributed by atoms with van der Waals surface area (Å²) in [5.74, 6) is -4.40. The van der Waals surface area contributed by atoms with Gasteiger partial charge in [0.2, 0.25) is 35.4 Å². The molecule has 0 aromatic heterocycles. The third-order valence-electron chi connectivity index (χ3n) is 11.1. The second-order valence-corrected chi connectivity index (χ2v) is 16.1. The van der Waals surface area contributed by atoms with Gasteiger partial charge < -0.3 is 51.4 Å². The van der Waals surface area contributed by atoms with E-state index >= 15 is 0 Å². The lowest BCUT2D eigenvalue weighted by Gasteiger charge is -2.31. The molecule has 1 unspecified atom stereocenters. The van der Waals surface area contributed by atoms with E-state index in [1.807, 2.05) is 13.8 Å². The van der Waals surface area contributed by atoms with Crippen molar-refractivity contribution in [3.8, 4) is 11.5 Å². The van der Waals surface area contributed by atoms with Crippen LogP contribution in [0.1, 0.15) is 75.7 Å². The smallest absolute Gasteiger partial charge is 0.251 e. The Morgan fingerprint density at radius 1 is 0.814 bits per heavy atom. The molecule has 9 atom stereocenters. The number of nitrogens with one attached hydrogen (secondary N) is 6. The molecule has 2 heterocycles. The zero-order valence-corrected chi connectivity index (χ0v) is 34.4. The summed E-state index contributed by atoms with van der Waals surface area (Å²) in [5.41, 5.74) is 0.871. The first-order chi connectivity index (χ1) is 28.1. The fourth-order valence-electron chi connectivity index (χ4n) is 7.92. The van der Waals surface area contributed by atoms with E-state index in [0.717, 1.165) is 0 Å². The molecule has 2 saturated heterocycles. The minimum atomic E-state index is -1.54. The second kappa shape index (κ2) is 19.8. The summed E-state index contributed by atoms with van der Waals surface area (Å²) < 4.78 is 10.6. The quantitative estimate of drug-likeness (QED) is 0.183. The number of hydrogen-bond donors (Lipinski definition) is 7. The Morgan fingerprint density at radius 2 is 1.47 bits per heavy atom. The number of benzene rings is 2. The molecule has 1 saturated carbocycles. The van der Waals surface area contributed by atoms with Gasteiger partial charge in [0.1, 0.15) is 41.7 Å². The number of fused-ring (bicyclic) bond motifs is 2. The van der Waals surface area contributed by atoms with Crippen LogP contribution in [0.5, 0.6) is 11.5 Å².